The molecule has 1 aromatic heterocycles. The highest BCUT2D eigenvalue weighted by Crippen LogP contribution is 2.37. The predicted molar refractivity (Wildman–Crippen MR) is 89.5 cm³/mol. The molecule has 0 spiro atoms. The van der Waals surface area contributed by atoms with Gasteiger partial charge in [0.25, 0.3) is 0 Å². The normalized spacial score (nSPS) is 13.4. The van der Waals surface area contributed by atoms with Gasteiger partial charge < -0.3 is 24.8 Å². The molecule has 2 heterocycles. The zero-order chi connectivity index (χ0) is 17.8. The minimum absolute atomic E-state index is 0.0750. The average Bonchev–Trinajstić information content (AvgIpc) is 3.02. The second-order valence-corrected chi connectivity index (χ2v) is 5.37. The number of hydrogen-bond donors (Lipinski definition) is 2. The largest absolute Gasteiger partial charge is 0.454 e. The number of rotatable bonds is 7. The number of nitrogens with one attached hydrogen (secondary N) is 2. The number of methoxy groups -OCH3 is 1. The first kappa shape index (κ1) is 16.7. The third kappa shape index (κ3) is 3.69. The summed E-state index contributed by atoms with van der Waals surface area (Å²) < 4.78 is 15.6. The molecule has 1 atom stereocenters. The number of fused-ring (bicyclic) bond motifs is 1. The maximum absolute atomic E-state index is 11.5. The summed E-state index contributed by atoms with van der Waals surface area (Å²) in [5.74, 6) is 1.38. The molecule has 132 valence electrons. The summed E-state index contributed by atoms with van der Waals surface area (Å²) in [5.41, 5.74) is 0.338. The fourth-order valence-electron chi connectivity index (χ4n) is 2.38. The predicted octanol–water partition coefficient (Wildman–Crippen LogP) is 2.30. The van der Waals surface area contributed by atoms with Gasteiger partial charge in [0.1, 0.15) is 6.33 Å². The fourth-order valence-corrected chi connectivity index (χ4v) is 2.38. The van der Waals surface area contributed by atoms with E-state index in [0.29, 0.717) is 23.8 Å². The van der Waals surface area contributed by atoms with E-state index in [1.54, 1.807) is 25.3 Å². The number of nitro groups is 1. The molecule has 0 bridgehead atoms. The molecular weight excluding hydrogens is 330 g/mol. The summed E-state index contributed by atoms with van der Waals surface area (Å²) in [6, 6.07) is 4.98. The molecule has 0 saturated heterocycles. The van der Waals surface area contributed by atoms with E-state index < -0.39 is 4.92 Å². The Balaban J connectivity index is 1.89. The van der Waals surface area contributed by atoms with Gasteiger partial charge in [-0.25, -0.2) is 9.97 Å². The van der Waals surface area contributed by atoms with Crippen molar-refractivity contribution < 1.29 is 19.1 Å². The number of benzene rings is 1. The van der Waals surface area contributed by atoms with Gasteiger partial charge in [-0.3, -0.25) is 10.1 Å². The number of aromatic nitrogens is 2. The van der Waals surface area contributed by atoms with Crippen LogP contribution in [0.15, 0.2) is 24.5 Å². The molecule has 1 aliphatic rings. The molecule has 0 radical (unpaired) electrons. The summed E-state index contributed by atoms with van der Waals surface area (Å²) in [6.45, 7) is 2.37. The molecule has 0 fully saturated rings. The van der Waals surface area contributed by atoms with Crippen molar-refractivity contribution in [2.75, 3.05) is 31.1 Å². The fraction of sp³-hybridized carbons (Fsp3) is 0.333. The highest BCUT2D eigenvalue weighted by molar-refractivity contribution is 5.74. The van der Waals surface area contributed by atoms with Crippen molar-refractivity contribution in [1.29, 1.82) is 0 Å². The smallest absolute Gasteiger partial charge is 0.353 e. The van der Waals surface area contributed by atoms with Crippen LogP contribution in [0.3, 0.4) is 0 Å². The van der Waals surface area contributed by atoms with E-state index in [1.165, 1.54) is 6.33 Å². The van der Waals surface area contributed by atoms with E-state index in [9.17, 15) is 10.1 Å². The van der Waals surface area contributed by atoms with Crippen molar-refractivity contribution in [2.24, 2.45) is 0 Å². The maximum atomic E-state index is 11.5. The molecular formula is C15H17N5O5. The summed E-state index contributed by atoms with van der Waals surface area (Å²) in [5, 5.41) is 17.4. The van der Waals surface area contributed by atoms with Gasteiger partial charge in [-0.05, 0) is 19.1 Å². The van der Waals surface area contributed by atoms with Crippen LogP contribution < -0.4 is 20.1 Å². The zero-order valence-electron chi connectivity index (χ0n) is 13.7. The quantitative estimate of drug-likeness (QED) is 0.574. The molecule has 3 rings (SSSR count). The van der Waals surface area contributed by atoms with Gasteiger partial charge in [0.2, 0.25) is 18.4 Å². The van der Waals surface area contributed by atoms with E-state index in [-0.39, 0.29) is 30.2 Å². The standard InChI is InChI=1S/C15H17N5O5/c1-9(6-23-2)18-14-13(20(21)22)15(17-7-16-14)19-10-3-4-11-12(5-10)25-8-24-11/h3-5,7,9H,6,8H2,1-2H3,(H2,16,17,18,19). The molecule has 10 heteroatoms. The van der Waals surface area contributed by atoms with Crippen molar-refractivity contribution >= 4 is 23.0 Å². The molecule has 0 aliphatic carbocycles. The van der Waals surface area contributed by atoms with Crippen LogP contribution >= 0.6 is 0 Å². The molecule has 2 aromatic rings. The van der Waals surface area contributed by atoms with Gasteiger partial charge >= 0.3 is 5.69 Å². The lowest BCUT2D eigenvalue weighted by atomic mass is 10.2. The van der Waals surface area contributed by atoms with Crippen LogP contribution in [0, 0.1) is 10.1 Å². The lowest BCUT2D eigenvalue weighted by molar-refractivity contribution is -0.383. The van der Waals surface area contributed by atoms with Gasteiger partial charge in [-0.1, -0.05) is 0 Å². The van der Waals surface area contributed by atoms with Gasteiger partial charge in [-0.2, -0.15) is 0 Å². The minimum Gasteiger partial charge on any atom is -0.454 e. The van der Waals surface area contributed by atoms with Crippen LogP contribution in [-0.2, 0) is 4.74 Å². The molecule has 1 unspecified atom stereocenters. The van der Waals surface area contributed by atoms with Crippen LogP contribution in [-0.4, -0.2) is 41.4 Å². The van der Waals surface area contributed by atoms with E-state index >= 15 is 0 Å². The molecule has 0 amide bonds. The molecule has 10 nitrogen and oxygen atoms in total. The van der Waals surface area contributed by atoms with Gasteiger partial charge in [-0.15, -0.1) is 0 Å². The highest BCUT2D eigenvalue weighted by atomic mass is 16.7. The summed E-state index contributed by atoms with van der Waals surface area (Å²) in [6.07, 6.45) is 1.25. The highest BCUT2D eigenvalue weighted by Gasteiger charge is 2.24. The van der Waals surface area contributed by atoms with Gasteiger partial charge in [0.15, 0.2) is 11.5 Å². The Bertz CT molecular complexity index is 785. The third-order valence-electron chi connectivity index (χ3n) is 3.44. The van der Waals surface area contributed by atoms with Crippen LogP contribution in [0.2, 0.25) is 0 Å². The van der Waals surface area contributed by atoms with E-state index in [1.807, 2.05) is 6.92 Å². The summed E-state index contributed by atoms with van der Waals surface area (Å²) in [7, 11) is 1.55. The number of anilines is 3. The SMILES string of the molecule is COCC(C)Nc1ncnc(Nc2ccc3c(c2)OCO3)c1[N+](=O)[O-]. The minimum atomic E-state index is -0.531. The number of ether oxygens (including phenoxy) is 3. The van der Waals surface area contributed by atoms with Crippen molar-refractivity contribution in [1.82, 2.24) is 9.97 Å². The van der Waals surface area contributed by atoms with Gasteiger partial charge in [0, 0.05) is 24.9 Å². The second kappa shape index (κ2) is 7.18. The molecule has 25 heavy (non-hydrogen) atoms. The Hall–Kier alpha value is -3.14. The molecule has 2 N–H and O–H groups in total. The molecule has 0 saturated carbocycles. The summed E-state index contributed by atoms with van der Waals surface area (Å²) >= 11 is 0. The lowest BCUT2D eigenvalue weighted by Crippen LogP contribution is -2.22. The maximum Gasteiger partial charge on any atom is 0.353 e. The molecule has 1 aromatic carbocycles. The Morgan fingerprint density at radius 2 is 2.08 bits per heavy atom. The Labute approximate surface area is 143 Å². The third-order valence-corrected chi connectivity index (χ3v) is 3.44. The van der Waals surface area contributed by atoms with Crippen molar-refractivity contribution in [2.45, 2.75) is 13.0 Å². The van der Waals surface area contributed by atoms with E-state index in [2.05, 4.69) is 20.6 Å². The van der Waals surface area contributed by atoms with Crippen molar-refractivity contribution in [3.8, 4) is 11.5 Å². The second-order valence-electron chi connectivity index (χ2n) is 5.37. The number of nitrogens with zero attached hydrogens (tertiary/aromatic N) is 3. The lowest BCUT2D eigenvalue weighted by Gasteiger charge is -2.14. The first-order chi connectivity index (χ1) is 12.1. The molecule has 1 aliphatic heterocycles. The van der Waals surface area contributed by atoms with E-state index in [0.717, 1.165) is 0 Å². The van der Waals surface area contributed by atoms with E-state index in [4.69, 9.17) is 14.2 Å². The van der Waals surface area contributed by atoms with Crippen molar-refractivity contribution in [3.05, 3.63) is 34.6 Å². The van der Waals surface area contributed by atoms with Crippen LogP contribution in [0.25, 0.3) is 0 Å². The first-order valence-corrected chi connectivity index (χ1v) is 7.50. The van der Waals surface area contributed by atoms with Gasteiger partial charge in [0.05, 0.1) is 11.5 Å². The van der Waals surface area contributed by atoms with Crippen LogP contribution in [0.1, 0.15) is 6.92 Å². The van der Waals surface area contributed by atoms with Crippen LogP contribution in [0.5, 0.6) is 11.5 Å². The Morgan fingerprint density at radius 1 is 1.32 bits per heavy atom. The zero-order valence-corrected chi connectivity index (χ0v) is 13.7. The number of hydrogen-bond acceptors (Lipinski definition) is 9. The summed E-state index contributed by atoms with van der Waals surface area (Å²) in [4.78, 5) is 19.0. The Morgan fingerprint density at radius 3 is 2.84 bits per heavy atom. The monoisotopic (exact) mass is 347 g/mol. The average molecular weight is 347 g/mol. The Kier molecular flexibility index (Phi) is 4.80. The van der Waals surface area contributed by atoms with Crippen LogP contribution in [0.4, 0.5) is 23.0 Å². The first-order valence-electron chi connectivity index (χ1n) is 7.50. The van der Waals surface area contributed by atoms with Crippen molar-refractivity contribution in [3.63, 3.8) is 0 Å². The topological polar surface area (TPSA) is 121 Å².